The molecule has 0 bridgehead atoms. The first kappa shape index (κ1) is 26.9. The molecule has 1 atom stereocenters. The third-order valence-corrected chi connectivity index (χ3v) is 5.23. The Bertz CT molecular complexity index is 924. The molecule has 2 aromatic rings. The minimum absolute atomic E-state index is 0.0448. The van der Waals surface area contributed by atoms with Gasteiger partial charge in [-0.1, -0.05) is 0 Å². The monoisotopic (exact) mass is 491 g/mol. The lowest BCUT2D eigenvalue weighted by atomic mass is 10.5. The molecule has 0 radical (unpaired) electrons. The van der Waals surface area contributed by atoms with Crippen LogP contribution in [0.4, 0.5) is 10.6 Å². The Hall–Kier alpha value is -2.35. The molecule has 0 amide bonds. The molecule has 2 heterocycles. The maximum absolute atomic E-state index is 13.0. The van der Waals surface area contributed by atoms with E-state index in [0.29, 0.717) is 17.7 Å². The van der Waals surface area contributed by atoms with Crippen LogP contribution in [0, 0.1) is 0 Å². The topological polar surface area (TPSA) is 168 Å². The van der Waals surface area contributed by atoms with Gasteiger partial charge in [0.05, 0.1) is 25.1 Å². The number of carbonyl (C=O) groups excluding carboxylic acids is 1. The lowest BCUT2D eigenvalue weighted by Crippen LogP contribution is -2.16. The smallest absolute Gasteiger partial charge is 0.432 e. The first-order valence-corrected chi connectivity index (χ1v) is 11.8. The Morgan fingerprint density at radius 1 is 1.06 bits per heavy atom. The van der Waals surface area contributed by atoms with Crippen LogP contribution < -0.4 is 5.73 Å². The molecule has 2 aromatic heterocycles. The number of imidazole rings is 1. The van der Waals surface area contributed by atoms with Crippen molar-refractivity contribution in [3.63, 3.8) is 0 Å². The van der Waals surface area contributed by atoms with Gasteiger partial charge in [-0.25, -0.2) is 19.7 Å². The molecule has 15 heteroatoms. The van der Waals surface area contributed by atoms with Crippen molar-refractivity contribution in [1.29, 1.82) is 0 Å². The van der Waals surface area contributed by atoms with Gasteiger partial charge in [0.1, 0.15) is 25.0 Å². The van der Waals surface area contributed by atoms with Crippen molar-refractivity contribution in [2.45, 2.75) is 46.4 Å². The van der Waals surface area contributed by atoms with Crippen molar-refractivity contribution in [2.24, 2.45) is 0 Å². The number of hydrogen-bond donors (Lipinski definition) is 1. The number of nitrogen functional groups attached to an aromatic ring is 1. The van der Waals surface area contributed by atoms with Gasteiger partial charge in [-0.3, -0.25) is 13.6 Å². The molecule has 2 rings (SSSR count). The van der Waals surface area contributed by atoms with E-state index in [9.17, 15) is 9.36 Å². The third kappa shape index (κ3) is 9.58. The number of rotatable bonds is 15. The van der Waals surface area contributed by atoms with Crippen LogP contribution in [0.2, 0.25) is 0 Å². The van der Waals surface area contributed by atoms with Gasteiger partial charge in [0.25, 0.3) is 0 Å². The number of hydrogen-bond acceptors (Lipinski definition) is 13. The Kier molecular flexibility index (Phi) is 10.9. The van der Waals surface area contributed by atoms with Crippen LogP contribution in [-0.4, -0.2) is 71.2 Å². The maximum Gasteiger partial charge on any atom is 0.510 e. The summed E-state index contributed by atoms with van der Waals surface area (Å²) >= 11 is 0. The predicted molar refractivity (Wildman–Crippen MR) is 115 cm³/mol. The van der Waals surface area contributed by atoms with Crippen molar-refractivity contribution in [3.8, 4) is 0 Å². The summed E-state index contributed by atoms with van der Waals surface area (Å²) in [7, 11) is -3.84. The van der Waals surface area contributed by atoms with Crippen molar-refractivity contribution >= 4 is 30.7 Å². The molecule has 0 saturated heterocycles. The number of aromatic nitrogens is 4. The van der Waals surface area contributed by atoms with Gasteiger partial charge in [-0.2, -0.15) is 0 Å². The van der Waals surface area contributed by atoms with Crippen LogP contribution in [0.5, 0.6) is 0 Å². The number of fused-ring (bicyclic) bond motifs is 1. The molecule has 0 aromatic carbocycles. The van der Waals surface area contributed by atoms with Gasteiger partial charge in [0.2, 0.25) is 6.79 Å². The average Bonchev–Trinajstić information content (AvgIpc) is 3.15. The largest absolute Gasteiger partial charge is 0.510 e. The molecule has 14 nitrogen and oxygen atoms in total. The Morgan fingerprint density at radius 3 is 2.55 bits per heavy atom. The molecule has 0 fully saturated rings. The van der Waals surface area contributed by atoms with Crippen LogP contribution in [0.15, 0.2) is 12.7 Å². The van der Waals surface area contributed by atoms with Crippen LogP contribution in [0.25, 0.3) is 11.2 Å². The minimum Gasteiger partial charge on any atom is -0.432 e. The van der Waals surface area contributed by atoms with E-state index < -0.39 is 26.9 Å². The lowest BCUT2D eigenvalue weighted by molar-refractivity contribution is -0.121. The third-order valence-electron chi connectivity index (χ3n) is 3.73. The highest BCUT2D eigenvalue weighted by Crippen LogP contribution is 2.48. The first-order valence-electron chi connectivity index (χ1n) is 10.1. The molecule has 33 heavy (non-hydrogen) atoms. The zero-order chi connectivity index (χ0) is 24.3. The quantitative estimate of drug-likeness (QED) is 0.167. The SMILES string of the molecule is CC(C)OCOCOP(=O)(COCCn1cnc2c(N)ncnc21)OCOC(=O)OC(C)C. The summed E-state index contributed by atoms with van der Waals surface area (Å²) in [6, 6.07) is 0. The molecule has 0 aliphatic heterocycles. The normalized spacial score (nSPS) is 13.5. The van der Waals surface area contributed by atoms with E-state index in [0.717, 1.165) is 0 Å². The first-order chi connectivity index (χ1) is 15.7. The Labute approximate surface area is 191 Å². The molecular weight excluding hydrogens is 461 g/mol. The molecule has 2 N–H and O–H groups in total. The second-order valence-electron chi connectivity index (χ2n) is 7.11. The van der Waals surface area contributed by atoms with Gasteiger partial charge in [-0.15, -0.1) is 0 Å². The van der Waals surface area contributed by atoms with Crippen molar-refractivity contribution in [1.82, 2.24) is 19.5 Å². The van der Waals surface area contributed by atoms with Crippen molar-refractivity contribution in [3.05, 3.63) is 12.7 Å². The van der Waals surface area contributed by atoms with E-state index in [1.165, 1.54) is 6.33 Å². The van der Waals surface area contributed by atoms with Gasteiger partial charge < -0.3 is 34.0 Å². The number of ether oxygens (including phenoxy) is 5. The Balaban J connectivity index is 1.85. The molecule has 0 saturated carbocycles. The summed E-state index contributed by atoms with van der Waals surface area (Å²) in [5.41, 5.74) is 6.78. The number of anilines is 1. The highest BCUT2D eigenvalue weighted by molar-refractivity contribution is 7.53. The highest BCUT2D eigenvalue weighted by Gasteiger charge is 2.27. The average molecular weight is 491 g/mol. The molecular formula is C18H30N5O9P. The second-order valence-corrected chi connectivity index (χ2v) is 9.11. The van der Waals surface area contributed by atoms with Crippen molar-refractivity contribution < 1.29 is 42.1 Å². The molecule has 1 unspecified atom stereocenters. The maximum atomic E-state index is 13.0. The zero-order valence-corrected chi connectivity index (χ0v) is 19.9. The van der Waals surface area contributed by atoms with E-state index in [2.05, 4.69) is 15.0 Å². The summed E-state index contributed by atoms with van der Waals surface area (Å²) in [5, 5.41) is 0. The molecule has 0 spiro atoms. The van der Waals surface area contributed by atoms with Gasteiger partial charge in [0, 0.05) is 6.54 Å². The van der Waals surface area contributed by atoms with Crippen LogP contribution in [0.1, 0.15) is 27.7 Å². The van der Waals surface area contributed by atoms with Crippen LogP contribution in [0.3, 0.4) is 0 Å². The zero-order valence-electron chi connectivity index (χ0n) is 19.0. The van der Waals surface area contributed by atoms with E-state index in [1.54, 1.807) is 24.7 Å². The number of carbonyl (C=O) groups is 1. The van der Waals surface area contributed by atoms with E-state index in [1.807, 2.05) is 13.8 Å². The highest BCUT2D eigenvalue weighted by atomic mass is 31.2. The summed E-state index contributed by atoms with van der Waals surface area (Å²) in [5.74, 6) is 0.267. The summed E-state index contributed by atoms with van der Waals surface area (Å²) < 4.78 is 50.4. The van der Waals surface area contributed by atoms with Gasteiger partial charge in [0.15, 0.2) is 18.3 Å². The van der Waals surface area contributed by atoms with Crippen LogP contribution in [-0.2, 0) is 43.8 Å². The van der Waals surface area contributed by atoms with Crippen LogP contribution >= 0.6 is 7.60 Å². The van der Waals surface area contributed by atoms with Gasteiger partial charge >= 0.3 is 13.8 Å². The second kappa shape index (κ2) is 13.4. The minimum atomic E-state index is -3.84. The fraction of sp³-hybridized carbons (Fsp3) is 0.667. The van der Waals surface area contributed by atoms with Crippen molar-refractivity contribution in [2.75, 3.05) is 39.1 Å². The molecule has 186 valence electrons. The van der Waals surface area contributed by atoms with E-state index in [4.69, 9.17) is 38.5 Å². The number of nitrogens with two attached hydrogens (primary N) is 1. The fourth-order valence-corrected chi connectivity index (χ4v) is 3.26. The summed E-state index contributed by atoms with van der Waals surface area (Å²) in [6.45, 7) is 6.35. The van der Waals surface area contributed by atoms with E-state index in [-0.39, 0.29) is 38.2 Å². The summed E-state index contributed by atoms with van der Waals surface area (Å²) in [6.07, 6.45) is 1.07. The predicted octanol–water partition coefficient (Wildman–Crippen LogP) is 2.48. The number of nitrogens with zero attached hydrogens (tertiary/aromatic N) is 4. The molecule has 0 aliphatic rings. The Morgan fingerprint density at radius 2 is 1.82 bits per heavy atom. The standard InChI is InChI=1S/C18H30N5O9P/c1-13(2)28-9-27-10-30-33(25,31-11-29-18(24)32-14(3)4)12-26-6-5-23-8-22-15-16(19)20-7-21-17(15)23/h7-8,13-14H,5-6,9-12H2,1-4H3,(H2,19,20,21). The fourth-order valence-electron chi connectivity index (χ4n) is 2.23. The summed E-state index contributed by atoms with van der Waals surface area (Å²) in [4.78, 5) is 23.6. The van der Waals surface area contributed by atoms with E-state index >= 15 is 0 Å². The lowest BCUT2D eigenvalue weighted by Gasteiger charge is -2.19. The van der Waals surface area contributed by atoms with Gasteiger partial charge in [-0.05, 0) is 27.7 Å². The molecule has 0 aliphatic carbocycles.